The van der Waals surface area contributed by atoms with Gasteiger partial charge in [0, 0.05) is 12.8 Å². The van der Waals surface area contributed by atoms with Gasteiger partial charge in [0.1, 0.15) is 12.6 Å². The third-order valence-corrected chi connectivity index (χ3v) is 9.32. The van der Waals surface area contributed by atoms with E-state index in [1.807, 2.05) is 55.5 Å². The molecule has 0 saturated heterocycles. The van der Waals surface area contributed by atoms with Gasteiger partial charge in [-0.3, -0.25) is 23.4 Å². The molecule has 0 spiro atoms. The number of carbonyl (C=O) groups excluding carboxylic acids is 2. The van der Waals surface area contributed by atoms with Crippen molar-refractivity contribution in [2.75, 3.05) is 19.8 Å². The molecule has 0 aromatic heterocycles. The second-order valence-corrected chi connectivity index (χ2v) is 15.4. The maximum atomic E-state index is 12.6. The molecule has 61 heavy (non-hydrogen) atoms. The lowest BCUT2D eigenvalue weighted by Gasteiger charge is -2.20. The molecule has 0 fully saturated rings. The van der Waals surface area contributed by atoms with E-state index in [1.165, 1.54) is 19.3 Å². The average Bonchev–Trinajstić information content (AvgIpc) is 3.24. The predicted octanol–water partition coefficient (Wildman–Crippen LogP) is 10.6. The van der Waals surface area contributed by atoms with E-state index in [0.717, 1.165) is 44.9 Å². The zero-order valence-corrected chi connectivity index (χ0v) is 37.4. The van der Waals surface area contributed by atoms with Crippen molar-refractivity contribution in [3.63, 3.8) is 0 Å². The highest BCUT2D eigenvalue weighted by Crippen LogP contribution is 2.43. The Balaban J connectivity index is 4.63. The van der Waals surface area contributed by atoms with Gasteiger partial charge in [0.15, 0.2) is 6.10 Å². The van der Waals surface area contributed by atoms with Crippen molar-refractivity contribution in [2.24, 2.45) is 5.73 Å². The zero-order valence-electron chi connectivity index (χ0n) is 36.6. The predicted molar refractivity (Wildman–Crippen MR) is 245 cm³/mol. The van der Waals surface area contributed by atoms with Gasteiger partial charge in [-0.25, -0.2) is 4.57 Å². The zero-order chi connectivity index (χ0) is 45.1. The van der Waals surface area contributed by atoms with Crippen molar-refractivity contribution in [1.29, 1.82) is 0 Å². The maximum absolute atomic E-state index is 12.6. The number of aliphatic carboxylic acids is 1. The van der Waals surface area contributed by atoms with Crippen LogP contribution >= 0.6 is 7.82 Å². The standard InChI is InChI=1S/C48H74NO11P/c1-3-5-6-7-8-9-10-11-12-13-14-15-16-21-24-27-30-33-36-39-47(52)60-44(41-58-61(55,56)59-42-45(49)48(53)54)40-57-46(51)38-35-32-29-26-23-20-18-17-19-22-25-28-31-34-37-43(50)4-2/h8-9,11-12,14-15,18-22,24,26,28-31,33-34,37,43-45,50H,3-7,10,13,16-17,23,25,27,32,35-36,38-42,49H2,1-2H3,(H,53,54)(H,55,56)/b9-8-,12-11-,15-14-,20-18-,22-19-,24-21-,29-26-,31-28-,33-30-,37-34+/t43-,44+,45-/m0/s1. The van der Waals surface area contributed by atoms with Gasteiger partial charge in [0.2, 0.25) is 0 Å². The first-order valence-corrected chi connectivity index (χ1v) is 23.2. The third-order valence-electron chi connectivity index (χ3n) is 8.36. The van der Waals surface area contributed by atoms with Gasteiger partial charge in [-0.05, 0) is 83.5 Å². The lowest BCUT2D eigenvalue weighted by molar-refractivity contribution is -0.161. The Morgan fingerprint density at radius 2 is 1.07 bits per heavy atom. The first kappa shape index (κ1) is 56.8. The van der Waals surface area contributed by atoms with Crippen molar-refractivity contribution in [2.45, 2.75) is 141 Å². The summed E-state index contributed by atoms with van der Waals surface area (Å²) >= 11 is 0. The smallest absolute Gasteiger partial charge is 0.472 e. The molecule has 12 nitrogen and oxygen atoms in total. The van der Waals surface area contributed by atoms with Crippen LogP contribution in [0.25, 0.3) is 0 Å². The van der Waals surface area contributed by atoms with Crippen LogP contribution in [0, 0.1) is 0 Å². The van der Waals surface area contributed by atoms with E-state index in [0.29, 0.717) is 32.1 Å². The van der Waals surface area contributed by atoms with E-state index < -0.39 is 63.8 Å². The molecule has 0 aliphatic carbocycles. The van der Waals surface area contributed by atoms with Gasteiger partial charge in [0.25, 0.3) is 0 Å². The monoisotopic (exact) mass is 871 g/mol. The van der Waals surface area contributed by atoms with E-state index >= 15 is 0 Å². The van der Waals surface area contributed by atoms with Crippen molar-refractivity contribution >= 4 is 25.7 Å². The first-order chi connectivity index (χ1) is 29.5. The maximum Gasteiger partial charge on any atom is 0.472 e. The number of carbonyl (C=O) groups is 3. The Morgan fingerprint density at radius 3 is 1.57 bits per heavy atom. The number of carboxylic acids is 1. The van der Waals surface area contributed by atoms with Crippen LogP contribution in [0.3, 0.4) is 0 Å². The summed E-state index contributed by atoms with van der Waals surface area (Å²) in [5.41, 5.74) is 5.32. The Labute approximate surface area is 365 Å². The molecule has 13 heteroatoms. The highest BCUT2D eigenvalue weighted by Gasteiger charge is 2.28. The fourth-order valence-electron chi connectivity index (χ4n) is 4.80. The Morgan fingerprint density at radius 1 is 0.590 bits per heavy atom. The minimum atomic E-state index is -4.77. The van der Waals surface area contributed by atoms with E-state index in [9.17, 15) is 28.9 Å². The molecule has 0 heterocycles. The minimum Gasteiger partial charge on any atom is -0.480 e. The van der Waals surface area contributed by atoms with Crippen LogP contribution in [0.5, 0.6) is 0 Å². The Kier molecular flexibility index (Phi) is 38.4. The molecule has 0 radical (unpaired) electrons. The van der Waals surface area contributed by atoms with Gasteiger partial charge in [-0.2, -0.15) is 0 Å². The number of aliphatic hydroxyl groups excluding tert-OH is 1. The summed E-state index contributed by atoms with van der Waals surface area (Å²) in [5, 5.41) is 18.4. The number of rotatable bonds is 38. The number of unbranched alkanes of at least 4 members (excludes halogenated alkanes) is 4. The van der Waals surface area contributed by atoms with E-state index in [1.54, 1.807) is 6.08 Å². The quantitative estimate of drug-likeness (QED) is 0.0151. The molecule has 4 atom stereocenters. The Bertz CT molecular complexity index is 1510. The van der Waals surface area contributed by atoms with Gasteiger partial charge < -0.3 is 30.3 Å². The third kappa shape index (κ3) is 41.0. The minimum absolute atomic E-state index is 0.0103. The first-order valence-electron chi connectivity index (χ1n) is 21.7. The molecule has 0 aliphatic rings. The summed E-state index contributed by atoms with van der Waals surface area (Å²) < 4.78 is 32.5. The van der Waals surface area contributed by atoms with Gasteiger partial charge in [-0.1, -0.05) is 148 Å². The average molecular weight is 872 g/mol. The molecule has 0 aromatic carbocycles. The molecular formula is C48H74NO11P. The summed E-state index contributed by atoms with van der Waals surface area (Å²) in [6.45, 7) is 2.28. The molecule has 0 amide bonds. The van der Waals surface area contributed by atoms with E-state index in [4.69, 9.17) is 24.8 Å². The van der Waals surface area contributed by atoms with Crippen LogP contribution in [0.4, 0.5) is 0 Å². The SMILES string of the molecule is CCCCC/C=C\C/C=C\C/C=C\C/C=C\C/C=C\CCC(=O)O[C@H](COC(=O)CCC/C=C\C/C=C\C/C=C\C/C=C\C=C\[C@@H](O)CC)COP(=O)(O)OC[C@H](N)C(=O)O. The molecule has 342 valence electrons. The van der Waals surface area contributed by atoms with Crippen LogP contribution in [0.1, 0.15) is 123 Å². The van der Waals surface area contributed by atoms with Crippen LogP contribution < -0.4 is 5.73 Å². The topological polar surface area (TPSA) is 192 Å². The van der Waals surface area contributed by atoms with Gasteiger partial charge in [-0.15, -0.1) is 0 Å². The van der Waals surface area contributed by atoms with Crippen LogP contribution in [-0.4, -0.2) is 71.1 Å². The fourth-order valence-corrected chi connectivity index (χ4v) is 5.58. The largest absolute Gasteiger partial charge is 0.480 e. The van der Waals surface area contributed by atoms with Crippen molar-refractivity contribution < 1.29 is 52.6 Å². The van der Waals surface area contributed by atoms with Crippen molar-refractivity contribution in [1.82, 2.24) is 0 Å². The van der Waals surface area contributed by atoms with Crippen molar-refractivity contribution in [3.05, 3.63) is 122 Å². The lowest BCUT2D eigenvalue weighted by atomic mass is 10.2. The molecule has 1 unspecified atom stereocenters. The van der Waals surface area contributed by atoms with Crippen molar-refractivity contribution in [3.8, 4) is 0 Å². The van der Waals surface area contributed by atoms with E-state index in [-0.39, 0.29) is 12.8 Å². The van der Waals surface area contributed by atoms with Gasteiger partial charge in [0.05, 0.1) is 19.3 Å². The second-order valence-electron chi connectivity index (χ2n) is 13.9. The summed E-state index contributed by atoms with van der Waals surface area (Å²) in [7, 11) is -4.77. The number of aliphatic hydroxyl groups is 1. The molecule has 0 saturated carbocycles. The summed E-state index contributed by atoms with van der Waals surface area (Å²) in [4.78, 5) is 45.9. The molecule has 0 aromatic rings. The second kappa shape index (κ2) is 41.2. The fraction of sp³-hybridized carbons (Fsp3) is 0.521. The van der Waals surface area contributed by atoms with Crippen LogP contribution in [0.15, 0.2) is 122 Å². The Hall–Kier alpha value is -4.16. The lowest BCUT2D eigenvalue weighted by Crippen LogP contribution is -2.34. The number of carboxylic acid groups (broad SMARTS) is 1. The molecular weight excluding hydrogens is 797 g/mol. The number of phosphoric ester groups is 1. The number of esters is 2. The highest BCUT2D eigenvalue weighted by molar-refractivity contribution is 7.47. The molecule has 0 rings (SSSR count). The molecule has 0 aliphatic heterocycles. The normalized spacial score (nSPS) is 15.4. The number of ether oxygens (including phenoxy) is 2. The number of allylic oxidation sites excluding steroid dienone is 19. The summed E-state index contributed by atoms with van der Waals surface area (Å²) in [5.74, 6) is -2.60. The van der Waals surface area contributed by atoms with Crippen LogP contribution in [-0.2, 0) is 37.5 Å². The number of hydrogen-bond donors (Lipinski definition) is 4. The van der Waals surface area contributed by atoms with E-state index in [2.05, 4.69) is 78.3 Å². The summed E-state index contributed by atoms with van der Waals surface area (Å²) in [6.07, 6.45) is 52.4. The molecule has 0 bridgehead atoms. The van der Waals surface area contributed by atoms with Gasteiger partial charge >= 0.3 is 25.7 Å². The molecule has 5 N–H and O–H groups in total. The highest BCUT2D eigenvalue weighted by atomic mass is 31.2. The number of phosphoric acid groups is 1. The summed E-state index contributed by atoms with van der Waals surface area (Å²) in [6, 6.07) is -1.55. The van der Waals surface area contributed by atoms with Crippen LogP contribution in [0.2, 0.25) is 0 Å². The number of hydrogen-bond acceptors (Lipinski definition) is 10. The number of nitrogens with two attached hydrogens (primary N) is 1.